The third-order valence-electron chi connectivity index (χ3n) is 2.47. The van der Waals surface area contributed by atoms with E-state index in [1.54, 1.807) is 0 Å². The molecule has 0 N–H and O–H groups in total. The Morgan fingerprint density at radius 2 is 1.74 bits per heavy atom. The molecule has 0 spiro atoms. The van der Waals surface area contributed by atoms with Crippen LogP contribution in [0.5, 0.6) is 0 Å². The van der Waals surface area contributed by atoms with E-state index >= 15 is 0 Å². The molecule has 0 unspecified atom stereocenters. The first-order valence-corrected chi connectivity index (χ1v) is 6.13. The summed E-state index contributed by atoms with van der Waals surface area (Å²) < 4.78 is 39.1. The van der Waals surface area contributed by atoms with Gasteiger partial charge in [0.15, 0.2) is 5.69 Å². The van der Waals surface area contributed by atoms with Crippen molar-refractivity contribution in [1.29, 1.82) is 0 Å². The number of hydrogen-bond donors (Lipinski definition) is 0. The Morgan fingerprint density at radius 3 is 2.21 bits per heavy atom. The normalized spacial score (nSPS) is 11.9. The molecule has 8 heteroatoms. The molecule has 0 aliphatic carbocycles. The molecule has 0 amide bonds. The van der Waals surface area contributed by atoms with Gasteiger partial charge in [-0.3, -0.25) is 0 Å². The largest absolute Gasteiger partial charge is 0.435 e. The topological polar surface area (TPSA) is 17.8 Å². The maximum Gasteiger partial charge on any atom is 0.435 e. The molecule has 19 heavy (non-hydrogen) atoms. The number of alkyl halides is 3. The third kappa shape index (κ3) is 2.68. The lowest BCUT2D eigenvalue weighted by Crippen LogP contribution is -2.08. The number of aromatic nitrogens is 2. The van der Waals surface area contributed by atoms with Crippen LogP contribution in [0.3, 0.4) is 0 Å². The minimum absolute atomic E-state index is 0.120. The van der Waals surface area contributed by atoms with E-state index in [0.717, 1.165) is 4.68 Å². The van der Waals surface area contributed by atoms with E-state index in [9.17, 15) is 13.2 Å². The molecule has 2 nitrogen and oxygen atoms in total. The van der Waals surface area contributed by atoms with Crippen molar-refractivity contribution in [3.8, 4) is 5.69 Å². The molecule has 102 valence electrons. The van der Waals surface area contributed by atoms with Crippen molar-refractivity contribution in [1.82, 2.24) is 9.78 Å². The van der Waals surface area contributed by atoms with Crippen molar-refractivity contribution in [2.45, 2.75) is 13.1 Å². The molecule has 0 radical (unpaired) electrons. The molecule has 2 rings (SSSR count). The molecule has 2 aromatic rings. The number of rotatable bonds is 1. The summed E-state index contributed by atoms with van der Waals surface area (Å²) >= 11 is 17.4. The molecule has 0 saturated carbocycles. The molecular formula is C11H6Cl3F3N2. The van der Waals surface area contributed by atoms with Gasteiger partial charge in [-0.1, -0.05) is 34.8 Å². The second-order valence-corrected chi connectivity index (χ2v) is 4.94. The van der Waals surface area contributed by atoms with Crippen LogP contribution in [0.15, 0.2) is 18.2 Å². The average Bonchev–Trinajstić information content (AvgIpc) is 2.60. The number of hydrogen-bond acceptors (Lipinski definition) is 1. The summed E-state index contributed by atoms with van der Waals surface area (Å²) in [6.07, 6.45) is -4.56. The van der Waals surface area contributed by atoms with Crippen molar-refractivity contribution in [2.75, 3.05) is 0 Å². The van der Waals surface area contributed by atoms with Crippen LogP contribution >= 0.6 is 34.8 Å². The van der Waals surface area contributed by atoms with E-state index in [-0.39, 0.29) is 15.7 Å². The van der Waals surface area contributed by atoms with Crippen LogP contribution in [-0.4, -0.2) is 9.78 Å². The Kier molecular flexibility index (Phi) is 3.73. The third-order valence-corrected chi connectivity index (χ3v) is 3.65. The van der Waals surface area contributed by atoms with Crippen molar-refractivity contribution in [3.63, 3.8) is 0 Å². The molecule has 1 aromatic heterocycles. The first-order chi connectivity index (χ1) is 8.71. The molecule has 0 fully saturated rings. The summed E-state index contributed by atoms with van der Waals surface area (Å²) in [4.78, 5) is 0. The quantitative estimate of drug-likeness (QED) is 0.706. The molecule has 0 atom stereocenters. The fraction of sp³-hybridized carbons (Fsp3) is 0.182. The SMILES string of the molecule is Cc1c(C(F)(F)F)nn(-c2ccc(Cl)c(Cl)c2)c1Cl. The summed E-state index contributed by atoms with van der Waals surface area (Å²) in [6.45, 7) is 1.26. The Bertz CT molecular complexity index is 635. The van der Waals surface area contributed by atoms with Crippen molar-refractivity contribution in [2.24, 2.45) is 0 Å². The fourth-order valence-corrected chi connectivity index (χ4v) is 2.05. The highest BCUT2D eigenvalue weighted by Crippen LogP contribution is 2.35. The van der Waals surface area contributed by atoms with Gasteiger partial charge in [-0.15, -0.1) is 0 Å². The van der Waals surface area contributed by atoms with Crippen LogP contribution < -0.4 is 0 Å². The van der Waals surface area contributed by atoms with Gasteiger partial charge in [0, 0.05) is 5.56 Å². The highest BCUT2D eigenvalue weighted by molar-refractivity contribution is 6.42. The number of benzene rings is 1. The second-order valence-electron chi connectivity index (χ2n) is 3.77. The molecule has 0 saturated heterocycles. The highest BCUT2D eigenvalue weighted by Gasteiger charge is 2.37. The zero-order valence-corrected chi connectivity index (χ0v) is 11.7. The Labute approximate surface area is 121 Å². The second kappa shape index (κ2) is 4.89. The van der Waals surface area contributed by atoms with Crippen LogP contribution in [0.25, 0.3) is 5.69 Å². The summed E-state index contributed by atoms with van der Waals surface area (Å²) in [5.74, 6) is 0. The smallest absolute Gasteiger partial charge is 0.221 e. The highest BCUT2D eigenvalue weighted by atomic mass is 35.5. The molecular weight excluding hydrogens is 323 g/mol. The van der Waals surface area contributed by atoms with Gasteiger partial charge in [-0.05, 0) is 25.1 Å². The van der Waals surface area contributed by atoms with E-state index in [0.29, 0.717) is 10.7 Å². The van der Waals surface area contributed by atoms with E-state index in [1.807, 2.05) is 0 Å². The predicted octanol–water partition coefficient (Wildman–Crippen LogP) is 5.16. The standard InChI is InChI=1S/C11H6Cl3F3N2/c1-5-9(11(15,16)17)18-19(10(5)14)6-2-3-7(12)8(13)4-6/h2-4H,1H3. The monoisotopic (exact) mass is 328 g/mol. The Morgan fingerprint density at radius 1 is 1.11 bits per heavy atom. The number of halogens is 6. The van der Waals surface area contributed by atoms with Crippen LogP contribution in [0.2, 0.25) is 15.2 Å². The van der Waals surface area contributed by atoms with Gasteiger partial charge < -0.3 is 0 Å². The van der Waals surface area contributed by atoms with Crippen molar-refractivity contribution >= 4 is 34.8 Å². The minimum atomic E-state index is -4.56. The van der Waals surface area contributed by atoms with Crippen LogP contribution in [-0.2, 0) is 6.18 Å². The minimum Gasteiger partial charge on any atom is -0.221 e. The molecule has 0 bridgehead atoms. The molecule has 1 aromatic carbocycles. The first-order valence-electron chi connectivity index (χ1n) is 4.99. The summed E-state index contributed by atoms with van der Waals surface area (Å²) in [6, 6.07) is 4.33. The molecule has 0 aliphatic rings. The first kappa shape index (κ1) is 14.5. The van der Waals surface area contributed by atoms with Crippen molar-refractivity contribution < 1.29 is 13.2 Å². The fourth-order valence-electron chi connectivity index (χ4n) is 1.53. The van der Waals surface area contributed by atoms with Crippen LogP contribution in [0.1, 0.15) is 11.3 Å². The molecule has 0 aliphatic heterocycles. The van der Waals surface area contributed by atoms with E-state index in [1.165, 1.54) is 25.1 Å². The summed E-state index contributed by atoms with van der Waals surface area (Å²) in [7, 11) is 0. The van der Waals surface area contributed by atoms with Gasteiger partial charge >= 0.3 is 6.18 Å². The number of nitrogens with zero attached hydrogens (tertiary/aromatic N) is 2. The lowest BCUT2D eigenvalue weighted by molar-refractivity contribution is -0.141. The summed E-state index contributed by atoms with van der Waals surface area (Å²) in [5.41, 5.74) is -0.859. The van der Waals surface area contributed by atoms with E-state index in [2.05, 4.69) is 5.10 Å². The predicted molar refractivity (Wildman–Crippen MR) is 68.3 cm³/mol. The van der Waals surface area contributed by atoms with Gasteiger partial charge in [0.1, 0.15) is 5.15 Å². The van der Waals surface area contributed by atoms with Crippen LogP contribution in [0, 0.1) is 6.92 Å². The van der Waals surface area contributed by atoms with Gasteiger partial charge in [0.2, 0.25) is 0 Å². The van der Waals surface area contributed by atoms with Gasteiger partial charge in [-0.25, -0.2) is 4.68 Å². The van der Waals surface area contributed by atoms with E-state index in [4.69, 9.17) is 34.8 Å². The van der Waals surface area contributed by atoms with Gasteiger partial charge in [0.05, 0.1) is 15.7 Å². The lowest BCUT2D eigenvalue weighted by atomic mass is 10.3. The summed E-state index contributed by atoms with van der Waals surface area (Å²) in [5, 5.41) is 3.86. The zero-order chi connectivity index (χ0) is 14.4. The Balaban J connectivity index is 2.60. The maximum absolute atomic E-state index is 12.7. The maximum atomic E-state index is 12.7. The van der Waals surface area contributed by atoms with Crippen molar-refractivity contribution in [3.05, 3.63) is 44.7 Å². The lowest BCUT2D eigenvalue weighted by Gasteiger charge is -2.05. The van der Waals surface area contributed by atoms with E-state index < -0.39 is 11.9 Å². The average molecular weight is 330 g/mol. The Hall–Kier alpha value is -0.910. The van der Waals surface area contributed by atoms with Gasteiger partial charge in [0.25, 0.3) is 0 Å². The zero-order valence-electron chi connectivity index (χ0n) is 9.39. The van der Waals surface area contributed by atoms with Crippen LogP contribution in [0.4, 0.5) is 13.2 Å². The molecule has 1 heterocycles. The van der Waals surface area contributed by atoms with Gasteiger partial charge in [-0.2, -0.15) is 18.3 Å².